The molecular formula is C12H31BNO2PS. The summed E-state index contributed by atoms with van der Waals surface area (Å²) in [4.78, 5) is 16.0. The van der Waals surface area contributed by atoms with Crippen LogP contribution in [0.3, 0.4) is 0 Å². The largest absolute Gasteiger partial charge is 0.353 e. The Bertz CT molecular complexity index is 184. The van der Waals surface area contributed by atoms with E-state index in [1.807, 2.05) is 0 Å². The van der Waals surface area contributed by atoms with Crippen molar-refractivity contribution in [3.05, 3.63) is 0 Å². The van der Waals surface area contributed by atoms with Crippen LogP contribution in [0.15, 0.2) is 0 Å². The monoisotopic (exact) mass is 295 g/mol. The van der Waals surface area contributed by atoms with Crippen LogP contribution in [-0.2, 0) is 11.8 Å². The summed E-state index contributed by atoms with van der Waals surface area (Å²) in [6.45, 7) is 3.14. The second-order valence-corrected chi connectivity index (χ2v) is 8.55. The van der Waals surface area contributed by atoms with Crippen molar-refractivity contribution in [2.45, 2.75) is 71.1 Å². The highest BCUT2D eigenvalue weighted by atomic mass is 32.4. The van der Waals surface area contributed by atoms with Crippen molar-refractivity contribution in [2.24, 2.45) is 5.73 Å². The average molecular weight is 295 g/mol. The van der Waals surface area contributed by atoms with Crippen LogP contribution in [0.4, 0.5) is 0 Å². The van der Waals surface area contributed by atoms with Crippen LogP contribution >= 0.6 is 6.37 Å². The van der Waals surface area contributed by atoms with Crippen molar-refractivity contribution in [1.29, 1.82) is 0 Å². The second kappa shape index (κ2) is 15.7. The molecule has 110 valence electrons. The molecular weight excluding hydrogens is 264 g/mol. The van der Waals surface area contributed by atoms with E-state index in [4.69, 9.17) is 15.5 Å². The molecule has 0 atom stereocenters. The molecule has 0 spiro atoms. The van der Waals surface area contributed by atoms with Crippen LogP contribution in [-0.4, -0.2) is 23.9 Å². The zero-order chi connectivity index (χ0) is 14.3. The van der Waals surface area contributed by atoms with Crippen LogP contribution in [0.25, 0.3) is 0 Å². The predicted octanol–water partition coefficient (Wildman–Crippen LogP) is 2.69. The fourth-order valence-corrected chi connectivity index (χ4v) is 1.63. The first-order chi connectivity index (χ1) is 8.41. The lowest BCUT2D eigenvalue weighted by Gasteiger charge is -2.00. The Labute approximate surface area is 119 Å². The van der Waals surface area contributed by atoms with Gasteiger partial charge in [0.2, 0.25) is 7.57 Å². The molecule has 0 unspecified atom stereocenters. The summed E-state index contributed by atoms with van der Waals surface area (Å²) in [5.41, 5.74) is 5.42. The van der Waals surface area contributed by atoms with Crippen molar-refractivity contribution in [3.8, 4) is 0 Å². The number of unbranched alkanes of at least 4 members (excludes halogenated alkanes) is 9. The maximum absolute atomic E-state index is 8.00. The van der Waals surface area contributed by atoms with Gasteiger partial charge in [-0.05, 0) is 24.8 Å². The number of nitrogens with two attached hydrogens (primary N) is 1. The zero-order valence-electron chi connectivity index (χ0n) is 12.1. The van der Waals surface area contributed by atoms with E-state index in [-0.39, 0.29) is 0 Å². The van der Waals surface area contributed by atoms with Crippen LogP contribution < -0.4 is 5.73 Å². The van der Waals surface area contributed by atoms with Crippen LogP contribution in [0.1, 0.15) is 71.1 Å². The smallest absolute Gasteiger partial charge is 0.213 e. The first-order valence-electron chi connectivity index (χ1n) is 7.15. The van der Waals surface area contributed by atoms with Gasteiger partial charge in [0.05, 0.1) is 0 Å². The minimum absolute atomic E-state index is 0.872. The maximum Gasteiger partial charge on any atom is 0.213 e. The maximum atomic E-state index is 8.00. The molecule has 0 aliphatic heterocycles. The summed E-state index contributed by atoms with van der Waals surface area (Å²) in [5.74, 6) is 0. The summed E-state index contributed by atoms with van der Waals surface area (Å²) >= 11 is 4.05. The Morgan fingerprint density at radius 3 is 1.44 bits per heavy atom. The molecule has 0 heterocycles. The highest BCUT2D eigenvalue weighted by Crippen LogP contribution is 2.25. The molecule has 0 aromatic rings. The molecule has 0 fully saturated rings. The molecule has 0 aromatic carbocycles. The standard InChI is InChI=1S/C12H27N.BH4O2PS/c1-2-3-4-5-6-7-8-9-10-11-12-13;1-4(2,3)5/h2-13H2,1H3;1H2,(H2,2,3,5). The SMILES string of the molecule is BP(O)(O)=S.CCCCCCCCCCCCN. The van der Waals surface area contributed by atoms with Gasteiger partial charge in [0, 0.05) is 0 Å². The first-order valence-corrected chi connectivity index (χ1v) is 10.3. The van der Waals surface area contributed by atoms with Gasteiger partial charge in [-0.1, -0.05) is 64.7 Å². The third-order valence-corrected chi connectivity index (χ3v) is 2.56. The van der Waals surface area contributed by atoms with Gasteiger partial charge >= 0.3 is 0 Å². The van der Waals surface area contributed by atoms with Gasteiger partial charge in [-0.2, -0.15) is 0 Å². The van der Waals surface area contributed by atoms with E-state index in [2.05, 4.69) is 18.7 Å². The van der Waals surface area contributed by atoms with Crippen LogP contribution in [0.2, 0.25) is 0 Å². The van der Waals surface area contributed by atoms with E-state index in [1.54, 1.807) is 0 Å². The molecule has 0 radical (unpaired) electrons. The van der Waals surface area contributed by atoms with Gasteiger partial charge in [0.25, 0.3) is 0 Å². The summed E-state index contributed by atoms with van der Waals surface area (Å²) in [5, 5.41) is 0. The Kier molecular flexibility index (Phi) is 18.2. The summed E-state index contributed by atoms with van der Waals surface area (Å²) in [7, 11) is 1.22. The molecule has 6 heteroatoms. The lowest BCUT2D eigenvalue weighted by atomic mass is 10.1. The van der Waals surface area contributed by atoms with Gasteiger partial charge in [-0.15, -0.1) is 0 Å². The van der Waals surface area contributed by atoms with Gasteiger partial charge in [0.15, 0.2) is 0 Å². The Hall–Kier alpha value is 0.595. The second-order valence-electron chi connectivity index (χ2n) is 4.81. The van der Waals surface area contributed by atoms with Crippen molar-refractivity contribution < 1.29 is 9.79 Å². The Morgan fingerprint density at radius 2 is 1.17 bits per heavy atom. The number of hydrogen-bond donors (Lipinski definition) is 3. The van der Waals surface area contributed by atoms with E-state index in [1.165, 1.54) is 71.8 Å². The highest BCUT2D eigenvalue weighted by Gasteiger charge is 1.91. The third-order valence-electron chi connectivity index (χ3n) is 2.56. The van der Waals surface area contributed by atoms with Gasteiger partial charge < -0.3 is 15.5 Å². The van der Waals surface area contributed by atoms with Crippen molar-refractivity contribution in [1.82, 2.24) is 0 Å². The molecule has 0 aromatic heterocycles. The number of hydrogen-bond acceptors (Lipinski definition) is 2. The molecule has 0 aliphatic carbocycles. The van der Waals surface area contributed by atoms with Crippen LogP contribution in [0, 0.1) is 0 Å². The number of rotatable bonds is 10. The lowest BCUT2D eigenvalue weighted by molar-refractivity contribution is 0.500. The Morgan fingerprint density at radius 1 is 0.889 bits per heavy atom. The zero-order valence-corrected chi connectivity index (χ0v) is 13.8. The fourth-order valence-electron chi connectivity index (χ4n) is 1.63. The molecule has 0 saturated heterocycles. The molecule has 4 N–H and O–H groups in total. The summed E-state index contributed by atoms with van der Waals surface area (Å²) in [6.07, 6.45) is 11.1. The third kappa shape index (κ3) is 36.0. The molecule has 0 amide bonds. The normalized spacial score (nSPS) is 10.9. The first kappa shape index (κ1) is 20.9. The fraction of sp³-hybridized carbons (Fsp3) is 1.00. The minimum Gasteiger partial charge on any atom is -0.353 e. The van der Waals surface area contributed by atoms with Crippen molar-refractivity contribution in [3.63, 3.8) is 0 Å². The highest BCUT2D eigenvalue weighted by molar-refractivity contribution is 8.20. The van der Waals surface area contributed by atoms with E-state index in [0.717, 1.165) is 6.54 Å². The molecule has 3 nitrogen and oxygen atoms in total. The summed E-state index contributed by atoms with van der Waals surface area (Å²) < 4.78 is 0. The molecule has 0 saturated carbocycles. The van der Waals surface area contributed by atoms with Gasteiger partial charge in [0.1, 0.15) is 6.37 Å². The van der Waals surface area contributed by atoms with Gasteiger partial charge in [-0.25, -0.2) is 0 Å². The average Bonchev–Trinajstić information content (AvgIpc) is 2.25. The van der Waals surface area contributed by atoms with Crippen molar-refractivity contribution >= 4 is 25.7 Å². The Balaban J connectivity index is 0. The van der Waals surface area contributed by atoms with Gasteiger partial charge in [-0.3, -0.25) is 0 Å². The quantitative estimate of drug-likeness (QED) is 0.329. The molecule has 0 bridgehead atoms. The van der Waals surface area contributed by atoms with Crippen LogP contribution in [0.5, 0.6) is 0 Å². The van der Waals surface area contributed by atoms with E-state index in [9.17, 15) is 0 Å². The van der Waals surface area contributed by atoms with Crippen molar-refractivity contribution in [2.75, 3.05) is 6.54 Å². The van der Waals surface area contributed by atoms with E-state index >= 15 is 0 Å². The van der Waals surface area contributed by atoms with E-state index < -0.39 is 6.37 Å². The van der Waals surface area contributed by atoms with E-state index in [0.29, 0.717) is 0 Å². The minimum atomic E-state index is -2.81. The molecule has 0 rings (SSSR count). The lowest BCUT2D eigenvalue weighted by Crippen LogP contribution is -1.97. The molecule has 18 heavy (non-hydrogen) atoms. The topological polar surface area (TPSA) is 66.5 Å². The summed E-state index contributed by atoms with van der Waals surface area (Å²) in [6, 6.07) is 0. The predicted molar refractivity (Wildman–Crippen MR) is 88.2 cm³/mol. The molecule has 0 aliphatic rings.